The Kier molecular flexibility index (Phi) is 12.9. The Morgan fingerprint density at radius 3 is 1.33 bits per heavy atom. The van der Waals surface area contributed by atoms with E-state index >= 15 is 0 Å². The minimum atomic E-state index is -1.64. The van der Waals surface area contributed by atoms with Crippen molar-refractivity contribution >= 4 is 93.5 Å². The van der Waals surface area contributed by atoms with Gasteiger partial charge in [0.05, 0.1) is 43.3 Å². The smallest absolute Gasteiger partial charge is 0.423 e. The SMILES string of the molecule is CCC1CCCC1(C)COC(=O)c1c(Cl)c(Cl)cc(Cl)c1OC(=O)C(=O)Oc1c(Cl)cc(Cl)c(Cl)c1C(=O)OCC1(C)CCCC1CC. The van der Waals surface area contributed by atoms with Crippen molar-refractivity contribution in [3.63, 3.8) is 0 Å². The molecule has 0 aliphatic heterocycles. The number of esters is 4. The van der Waals surface area contributed by atoms with Crippen molar-refractivity contribution in [1.29, 1.82) is 0 Å². The van der Waals surface area contributed by atoms with Crippen molar-refractivity contribution in [2.24, 2.45) is 22.7 Å². The molecule has 0 spiro atoms. The van der Waals surface area contributed by atoms with Crippen molar-refractivity contribution in [3.8, 4) is 11.5 Å². The van der Waals surface area contributed by atoms with E-state index < -0.39 is 46.5 Å². The van der Waals surface area contributed by atoms with Crippen LogP contribution in [0.4, 0.5) is 0 Å². The van der Waals surface area contributed by atoms with E-state index in [-0.39, 0.29) is 54.2 Å². The number of carbonyl (C=O) groups is 4. The van der Waals surface area contributed by atoms with Gasteiger partial charge in [-0.05, 0) is 49.7 Å². The van der Waals surface area contributed by atoms with Crippen molar-refractivity contribution in [2.75, 3.05) is 13.2 Å². The first-order valence-corrected chi connectivity index (χ1v) is 18.0. The van der Waals surface area contributed by atoms with Gasteiger partial charge in [0, 0.05) is 10.8 Å². The van der Waals surface area contributed by atoms with Gasteiger partial charge in [0.15, 0.2) is 11.5 Å². The third-order valence-electron chi connectivity index (χ3n) is 9.84. The third kappa shape index (κ3) is 8.16. The molecule has 0 bridgehead atoms. The molecule has 48 heavy (non-hydrogen) atoms. The van der Waals surface area contributed by atoms with Crippen LogP contribution in [0.1, 0.15) is 99.8 Å². The lowest BCUT2D eigenvalue weighted by atomic mass is 9.79. The Balaban J connectivity index is 1.56. The average Bonchev–Trinajstić information content (AvgIpc) is 3.61. The second kappa shape index (κ2) is 15.9. The molecule has 2 aliphatic carbocycles. The molecule has 4 rings (SSSR count). The van der Waals surface area contributed by atoms with E-state index in [0.29, 0.717) is 11.8 Å². The molecule has 0 saturated heterocycles. The second-order valence-electron chi connectivity index (χ2n) is 13.0. The maximum Gasteiger partial charge on any atom is 0.423 e. The lowest BCUT2D eigenvalue weighted by Gasteiger charge is -2.30. The summed E-state index contributed by atoms with van der Waals surface area (Å²) in [5.41, 5.74) is -1.42. The van der Waals surface area contributed by atoms with Crippen molar-refractivity contribution < 1.29 is 38.1 Å². The largest absolute Gasteiger partial charge is 0.461 e. The minimum absolute atomic E-state index is 0.0766. The maximum absolute atomic E-state index is 13.4. The van der Waals surface area contributed by atoms with Gasteiger partial charge in [0.2, 0.25) is 0 Å². The molecule has 2 saturated carbocycles. The van der Waals surface area contributed by atoms with Crippen LogP contribution in [0.5, 0.6) is 11.5 Å². The van der Waals surface area contributed by atoms with Crippen molar-refractivity contribution in [1.82, 2.24) is 0 Å². The standard InChI is InChI=1S/C34H36Cl6O8/c1-5-17-9-7-11-33(17,3)15-45-29(41)23-25(39)19(35)13-21(37)27(23)47-31(43)32(44)48-28-22(38)14-20(36)26(40)24(28)30(42)46-16-34(4)12-8-10-18(34)6-2/h13-14,17-18H,5-12,15-16H2,1-4H3. The topological polar surface area (TPSA) is 105 Å². The Morgan fingerprint density at radius 2 is 1.00 bits per heavy atom. The van der Waals surface area contributed by atoms with Gasteiger partial charge in [-0.3, -0.25) is 0 Å². The summed E-state index contributed by atoms with van der Waals surface area (Å²) in [7, 11) is 0. The Hall–Kier alpha value is -1.94. The van der Waals surface area contributed by atoms with Crippen LogP contribution < -0.4 is 9.47 Å². The fraction of sp³-hybridized carbons (Fsp3) is 0.529. The highest BCUT2D eigenvalue weighted by molar-refractivity contribution is 6.47. The molecule has 4 atom stereocenters. The van der Waals surface area contributed by atoms with Gasteiger partial charge in [-0.2, -0.15) is 0 Å². The summed E-state index contributed by atoms with van der Waals surface area (Å²) in [6.45, 7) is 8.39. The van der Waals surface area contributed by atoms with Crippen LogP contribution in [0.2, 0.25) is 30.1 Å². The molecule has 14 heteroatoms. The van der Waals surface area contributed by atoms with Crippen LogP contribution in [-0.2, 0) is 19.1 Å². The van der Waals surface area contributed by atoms with Gasteiger partial charge in [-0.15, -0.1) is 0 Å². The maximum atomic E-state index is 13.4. The summed E-state index contributed by atoms with van der Waals surface area (Å²) in [4.78, 5) is 52.9. The first kappa shape index (κ1) is 38.9. The van der Waals surface area contributed by atoms with Crippen LogP contribution in [0.15, 0.2) is 12.1 Å². The predicted molar refractivity (Wildman–Crippen MR) is 186 cm³/mol. The number of hydrogen-bond acceptors (Lipinski definition) is 8. The number of benzene rings is 2. The monoisotopic (exact) mass is 782 g/mol. The fourth-order valence-corrected chi connectivity index (χ4v) is 8.42. The molecule has 0 aromatic heterocycles. The molecule has 8 nitrogen and oxygen atoms in total. The van der Waals surface area contributed by atoms with Crippen LogP contribution in [0.25, 0.3) is 0 Å². The number of ether oxygens (including phenoxy) is 4. The highest BCUT2D eigenvalue weighted by atomic mass is 35.5. The predicted octanol–water partition coefficient (Wildman–Crippen LogP) is 10.9. The van der Waals surface area contributed by atoms with E-state index in [1.165, 1.54) is 0 Å². The molecule has 2 aliphatic rings. The molecule has 4 unspecified atom stereocenters. The number of carbonyl (C=O) groups excluding carboxylic acids is 4. The summed E-state index contributed by atoms with van der Waals surface area (Å²) in [5, 5.41) is -1.44. The number of halogens is 6. The van der Waals surface area contributed by atoms with Crippen LogP contribution in [0.3, 0.4) is 0 Å². The summed E-state index contributed by atoms with van der Waals surface area (Å²) in [6, 6.07) is 2.28. The number of hydrogen-bond donors (Lipinski definition) is 0. The third-order valence-corrected chi connectivity index (χ3v) is 12.0. The zero-order chi connectivity index (χ0) is 35.6. The lowest BCUT2D eigenvalue weighted by Crippen LogP contribution is -2.30. The average molecular weight is 785 g/mol. The molecule has 0 amide bonds. The van der Waals surface area contributed by atoms with Gasteiger partial charge in [0.1, 0.15) is 11.1 Å². The first-order valence-electron chi connectivity index (χ1n) is 15.7. The van der Waals surface area contributed by atoms with Gasteiger partial charge in [0.25, 0.3) is 0 Å². The van der Waals surface area contributed by atoms with E-state index in [0.717, 1.165) is 63.5 Å². The zero-order valence-electron chi connectivity index (χ0n) is 26.9. The van der Waals surface area contributed by atoms with E-state index in [9.17, 15) is 19.2 Å². The molecule has 0 heterocycles. The summed E-state index contributed by atoms with van der Waals surface area (Å²) < 4.78 is 21.8. The minimum Gasteiger partial charge on any atom is -0.461 e. The van der Waals surface area contributed by atoms with Gasteiger partial charge < -0.3 is 18.9 Å². The molecule has 2 aromatic carbocycles. The fourth-order valence-electron chi connectivity index (χ4n) is 6.98. The Morgan fingerprint density at radius 1 is 0.646 bits per heavy atom. The van der Waals surface area contributed by atoms with Crippen LogP contribution in [-0.4, -0.2) is 37.1 Å². The van der Waals surface area contributed by atoms with Gasteiger partial charge in [-0.25, -0.2) is 19.2 Å². The van der Waals surface area contributed by atoms with Gasteiger partial charge >= 0.3 is 23.9 Å². The van der Waals surface area contributed by atoms with E-state index in [1.54, 1.807) is 0 Å². The highest BCUT2D eigenvalue weighted by Crippen LogP contribution is 2.47. The second-order valence-corrected chi connectivity index (χ2v) is 15.3. The first-order chi connectivity index (χ1) is 22.6. The van der Waals surface area contributed by atoms with Crippen molar-refractivity contribution in [3.05, 3.63) is 53.4 Å². The molecule has 0 radical (unpaired) electrons. The Bertz CT molecular complexity index is 1500. The normalized spacial score (nSPS) is 23.5. The molecule has 262 valence electrons. The quantitative estimate of drug-likeness (QED) is 0.101. The van der Waals surface area contributed by atoms with Crippen LogP contribution >= 0.6 is 69.6 Å². The molecule has 2 aromatic rings. The molecular formula is C34H36Cl6O8. The van der Waals surface area contributed by atoms with E-state index in [4.69, 9.17) is 88.6 Å². The molecule has 2 fully saturated rings. The zero-order valence-corrected chi connectivity index (χ0v) is 31.4. The summed E-state index contributed by atoms with van der Waals surface area (Å²) in [6.07, 6.45) is 7.60. The molecular weight excluding hydrogens is 749 g/mol. The number of rotatable bonds is 10. The molecule has 0 N–H and O–H groups in total. The highest BCUT2D eigenvalue weighted by Gasteiger charge is 2.41. The van der Waals surface area contributed by atoms with Crippen LogP contribution in [0, 0.1) is 22.7 Å². The lowest BCUT2D eigenvalue weighted by molar-refractivity contribution is -0.156. The van der Waals surface area contributed by atoms with E-state index in [1.807, 2.05) is 13.8 Å². The Labute approximate surface area is 309 Å². The van der Waals surface area contributed by atoms with E-state index in [2.05, 4.69) is 13.8 Å². The van der Waals surface area contributed by atoms with Crippen molar-refractivity contribution in [2.45, 2.75) is 79.1 Å². The summed E-state index contributed by atoms with van der Waals surface area (Å²) in [5.74, 6) is -5.62. The van der Waals surface area contributed by atoms with Gasteiger partial charge in [-0.1, -0.05) is 123 Å². The summed E-state index contributed by atoms with van der Waals surface area (Å²) >= 11 is 37.7.